The van der Waals surface area contributed by atoms with Gasteiger partial charge in [0, 0.05) is 25.2 Å². The second-order valence-corrected chi connectivity index (χ2v) is 4.55. The van der Waals surface area contributed by atoms with E-state index in [9.17, 15) is 0 Å². The van der Waals surface area contributed by atoms with Gasteiger partial charge in [0.05, 0.1) is 18.9 Å². The molecule has 1 N–H and O–H groups in total. The summed E-state index contributed by atoms with van der Waals surface area (Å²) in [5, 5.41) is 3.36. The molecule has 1 fully saturated rings. The van der Waals surface area contributed by atoms with E-state index in [1.165, 1.54) is 11.3 Å². The van der Waals surface area contributed by atoms with Crippen LogP contribution in [0.1, 0.15) is 17.1 Å². The highest BCUT2D eigenvalue weighted by molar-refractivity contribution is 5.50. The Labute approximate surface area is 101 Å². The third-order valence-corrected chi connectivity index (χ3v) is 3.34. The quantitative estimate of drug-likeness (QED) is 0.756. The zero-order valence-electron chi connectivity index (χ0n) is 10.2. The molecular formula is C12H18N4O. The molecular weight excluding hydrogens is 216 g/mol. The minimum absolute atomic E-state index is 0.802. The Bertz CT molecular complexity index is 415. The number of aryl methyl sites for hydroxylation is 1. The van der Waals surface area contributed by atoms with Crippen molar-refractivity contribution >= 4 is 5.82 Å². The Morgan fingerprint density at radius 2 is 2.06 bits per heavy atom. The summed E-state index contributed by atoms with van der Waals surface area (Å²) in [5.74, 6) is 2.01. The van der Waals surface area contributed by atoms with Gasteiger partial charge in [0.2, 0.25) is 0 Å². The summed E-state index contributed by atoms with van der Waals surface area (Å²) in [7, 11) is 0. The van der Waals surface area contributed by atoms with E-state index >= 15 is 0 Å². The highest BCUT2D eigenvalue weighted by Crippen LogP contribution is 2.24. The summed E-state index contributed by atoms with van der Waals surface area (Å²) in [6, 6.07) is 0. The number of nitrogens with one attached hydrogen (secondary N) is 1. The van der Waals surface area contributed by atoms with Crippen LogP contribution in [0, 0.1) is 6.92 Å². The molecule has 3 rings (SSSR count). The number of nitrogens with zero attached hydrogens (tertiary/aromatic N) is 3. The molecule has 0 radical (unpaired) electrons. The number of fused-ring (bicyclic) bond motifs is 1. The Hall–Kier alpha value is -1.20. The van der Waals surface area contributed by atoms with Gasteiger partial charge in [-0.1, -0.05) is 0 Å². The van der Waals surface area contributed by atoms with Crippen molar-refractivity contribution in [2.75, 3.05) is 37.7 Å². The molecule has 17 heavy (non-hydrogen) atoms. The van der Waals surface area contributed by atoms with E-state index in [1.54, 1.807) is 0 Å². The van der Waals surface area contributed by atoms with Gasteiger partial charge in [0.15, 0.2) is 0 Å². The number of hydrogen-bond acceptors (Lipinski definition) is 5. The fraction of sp³-hybridized carbons (Fsp3) is 0.667. The number of morpholine rings is 1. The van der Waals surface area contributed by atoms with Crippen LogP contribution in [0.4, 0.5) is 5.82 Å². The van der Waals surface area contributed by atoms with Crippen molar-refractivity contribution < 1.29 is 4.74 Å². The average molecular weight is 234 g/mol. The number of anilines is 1. The van der Waals surface area contributed by atoms with E-state index in [0.29, 0.717) is 0 Å². The van der Waals surface area contributed by atoms with E-state index in [4.69, 9.17) is 4.74 Å². The molecule has 0 spiro atoms. The smallest absolute Gasteiger partial charge is 0.136 e. The summed E-state index contributed by atoms with van der Waals surface area (Å²) in [5.41, 5.74) is 2.50. The van der Waals surface area contributed by atoms with Gasteiger partial charge in [-0.3, -0.25) is 0 Å². The highest BCUT2D eigenvalue weighted by atomic mass is 16.5. The molecule has 1 aromatic rings. The lowest BCUT2D eigenvalue weighted by Crippen LogP contribution is -2.39. The third-order valence-electron chi connectivity index (χ3n) is 3.34. The minimum Gasteiger partial charge on any atom is -0.378 e. The Kier molecular flexibility index (Phi) is 2.94. The molecule has 1 aromatic heterocycles. The molecule has 2 aliphatic rings. The van der Waals surface area contributed by atoms with Gasteiger partial charge < -0.3 is 15.0 Å². The van der Waals surface area contributed by atoms with Gasteiger partial charge in [0.25, 0.3) is 0 Å². The van der Waals surface area contributed by atoms with E-state index < -0.39 is 0 Å². The topological polar surface area (TPSA) is 50.3 Å². The predicted octanol–water partition coefficient (Wildman–Crippen LogP) is 0.267. The van der Waals surface area contributed by atoms with Crippen LogP contribution in [0.5, 0.6) is 0 Å². The van der Waals surface area contributed by atoms with Crippen molar-refractivity contribution in [3.8, 4) is 0 Å². The Balaban J connectivity index is 1.98. The molecule has 5 nitrogen and oxygen atoms in total. The molecule has 0 atom stereocenters. The van der Waals surface area contributed by atoms with Gasteiger partial charge in [-0.25, -0.2) is 9.97 Å². The summed E-state index contributed by atoms with van der Waals surface area (Å²) in [6.45, 7) is 7.35. The van der Waals surface area contributed by atoms with Crippen LogP contribution in [0.15, 0.2) is 0 Å². The molecule has 92 valence electrons. The Morgan fingerprint density at radius 3 is 2.88 bits per heavy atom. The second-order valence-electron chi connectivity index (χ2n) is 4.55. The van der Waals surface area contributed by atoms with Gasteiger partial charge in [-0.15, -0.1) is 0 Å². The summed E-state index contributed by atoms with van der Waals surface area (Å²) in [6.07, 6.45) is 1.03. The first-order valence-electron chi connectivity index (χ1n) is 6.24. The van der Waals surface area contributed by atoms with Crippen molar-refractivity contribution in [3.05, 3.63) is 17.1 Å². The normalized spacial score (nSPS) is 20.2. The van der Waals surface area contributed by atoms with E-state index in [2.05, 4.69) is 20.2 Å². The maximum Gasteiger partial charge on any atom is 0.136 e. The van der Waals surface area contributed by atoms with Crippen LogP contribution in [-0.4, -0.2) is 42.8 Å². The number of rotatable bonds is 1. The molecule has 0 aromatic carbocycles. The van der Waals surface area contributed by atoms with Gasteiger partial charge in [-0.2, -0.15) is 0 Å². The molecule has 5 heteroatoms. The lowest BCUT2D eigenvalue weighted by molar-refractivity contribution is 0.122. The molecule has 1 saturated heterocycles. The second kappa shape index (κ2) is 4.58. The SMILES string of the molecule is Cc1nc2c(c(N3CCOCC3)n1)CCNC2. The first-order chi connectivity index (χ1) is 8.34. The van der Waals surface area contributed by atoms with Crippen LogP contribution in [0.3, 0.4) is 0 Å². The zero-order valence-corrected chi connectivity index (χ0v) is 10.2. The van der Waals surface area contributed by atoms with Crippen LogP contribution in [-0.2, 0) is 17.7 Å². The van der Waals surface area contributed by atoms with Gasteiger partial charge in [-0.05, 0) is 19.9 Å². The van der Waals surface area contributed by atoms with E-state index in [-0.39, 0.29) is 0 Å². The van der Waals surface area contributed by atoms with Gasteiger partial charge >= 0.3 is 0 Å². The Morgan fingerprint density at radius 1 is 1.24 bits per heavy atom. The maximum atomic E-state index is 5.40. The fourth-order valence-corrected chi connectivity index (χ4v) is 2.50. The lowest BCUT2D eigenvalue weighted by Gasteiger charge is -2.31. The minimum atomic E-state index is 0.802. The zero-order chi connectivity index (χ0) is 11.7. The van der Waals surface area contributed by atoms with Crippen LogP contribution < -0.4 is 10.2 Å². The van der Waals surface area contributed by atoms with Crippen LogP contribution in [0.2, 0.25) is 0 Å². The highest BCUT2D eigenvalue weighted by Gasteiger charge is 2.21. The lowest BCUT2D eigenvalue weighted by atomic mass is 10.1. The third kappa shape index (κ3) is 2.12. The summed E-state index contributed by atoms with van der Waals surface area (Å²) < 4.78 is 5.40. The van der Waals surface area contributed by atoms with Crippen molar-refractivity contribution in [3.63, 3.8) is 0 Å². The largest absolute Gasteiger partial charge is 0.378 e. The molecule has 0 unspecified atom stereocenters. The van der Waals surface area contributed by atoms with Crippen LogP contribution in [0.25, 0.3) is 0 Å². The van der Waals surface area contributed by atoms with Crippen molar-refractivity contribution in [2.24, 2.45) is 0 Å². The number of ether oxygens (including phenoxy) is 1. The van der Waals surface area contributed by atoms with Crippen molar-refractivity contribution in [2.45, 2.75) is 19.9 Å². The summed E-state index contributed by atoms with van der Waals surface area (Å²) in [4.78, 5) is 11.5. The first-order valence-corrected chi connectivity index (χ1v) is 6.24. The molecule has 0 aliphatic carbocycles. The molecule has 0 amide bonds. The number of aromatic nitrogens is 2. The average Bonchev–Trinajstić information content (AvgIpc) is 2.39. The van der Waals surface area contributed by atoms with E-state index in [1.807, 2.05) is 6.92 Å². The first kappa shape index (κ1) is 10.9. The van der Waals surface area contributed by atoms with Crippen molar-refractivity contribution in [1.82, 2.24) is 15.3 Å². The molecule has 0 saturated carbocycles. The molecule has 0 bridgehead atoms. The maximum absolute atomic E-state index is 5.40. The predicted molar refractivity (Wildman–Crippen MR) is 65.2 cm³/mol. The molecule has 3 heterocycles. The van der Waals surface area contributed by atoms with E-state index in [0.717, 1.165) is 57.5 Å². The van der Waals surface area contributed by atoms with Gasteiger partial charge in [0.1, 0.15) is 11.6 Å². The van der Waals surface area contributed by atoms with Crippen LogP contribution >= 0.6 is 0 Å². The summed E-state index contributed by atoms with van der Waals surface area (Å²) >= 11 is 0. The monoisotopic (exact) mass is 234 g/mol. The number of hydrogen-bond donors (Lipinski definition) is 1. The fourth-order valence-electron chi connectivity index (χ4n) is 2.50. The standard InChI is InChI=1S/C12H18N4O/c1-9-14-11-8-13-3-2-10(11)12(15-9)16-4-6-17-7-5-16/h13H,2-8H2,1H3. The molecule has 2 aliphatic heterocycles. The van der Waals surface area contributed by atoms with Crippen molar-refractivity contribution in [1.29, 1.82) is 0 Å².